The lowest BCUT2D eigenvalue weighted by molar-refractivity contribution is -0.517. The zero-order valence-electron chi connectivity index (χ0n) is 10.3. The number of urea groups is 1. The summed E-state index contributed by atoms with van der Waals surface area (Å²) in [6.07, 6.45) is 2.08. The van der Waals surface area contributed by atoms with Crippen molar-refractivity contribution in [3.63, 3.8) is 0 Å². The van der Waals surface area contributed by atoms with E-state index in [1.54, 1.807) is 31.3 Å². The van der Waals surface area contributed by atoms with Crippen LogP contribution in [0.3, 0.4) is 0 Å². The van der Waals surface area contributed by atoms with Gasteiger partial charge in [0.15, 0.2) is 0 Å². The Morgan fingerprint density at radius 2 is 2.32 bits per heavy atom. The zero-order valence-corrected chi connectivity index (χ0v) is 10.3. The number of nitrogens with two attached hydrogens (primary N) is 1. The number of hydrogen-bond donors (Lipinski definition) is 3. The topological polar surface area (TPSA) is 114 Å². The third-order valence-corrected chi connectivity index (χ3v) is 2.91. The van der Waals surface area contributed by atoms with Gasteiger partial charge in [0.25, 0.3) is 0 Å². The Balaban J connectivity index is 2.34. The van der Waals surface area contributed by atoms with Crippen LogP contribution in [0.1, 0.15) is 12.5 Å². The summed E-state index contributed by atoms with van der Waals surface area (Å²) in [7, 11) is 0. The maximum Gasteiger partial charge on any atom is 0.316 e. The normalized spacial score (nSPS) is 12.3. The monoisotopic (exact) mass is 262 g/mol. The van der Waals surface area contributed by atoms with E-state index in [0.29, 0.717) is 12.1 Å². The molecule has 0 radical (unpaired) electrons. The lowest BCUT2D eigenvalue weighted by Gasteiger charge is -2.04. The molecule has 0 aliphatic rings. The molecule has 1 heterocycles. The number of amides is 2. The van der Waals surface area contributed by atoms with E-state index >= 15 is 0 Å². The van der Waals surface area contributed by atoms with Gasteiger partial charge in [-0.05, 0) is 23.8 Å². The second-order valence-electron chi connectivity index (χ2n) is 4.40. The molecule has 0 bridgehead atoms. The highest BCUT2D eigenvalue weighted by Crippen LogP contribution is 2.23. The van der Waals surface area contributed by atoms with Crippen LogP contribution >= 0.6 is 0 Å². The molecular formula is C12H14N4O3. The van der Waals surface area contributed by atoms with Gasteiger partial charge in [0.2, 0.25) is 6.04 Å². The number of carbonyl (C=O) groups excluding carboxylic acids is 1. The first-order valence-corrected chi connectivity index (χ1v) is 5.77. The summed E-state index contributed by atoms with van der Waals surface area (Å²) in [6, 6.07) is 3.95. The number of fused-ring (bicyclic) bond motifs is 1. The molecule has 19 heavy (non-hydrogen) atoms. The van der Waals surface area contributed by atoms with Crippen LogP contribution in [0.25, 0.3) is 10.9 Å². The summed E-state index contributed by atoms with van der Waals surface area (Å²) in [5.74, 6) is 0. The van der Waals surface area contributed by atoms with Crippen LogP contribution in [-0.4, -0.2) is 22.0 Å². The van der Waals surface area contributed by atoms with Crippen molar-refractivity contribution in [2.45, 2.75) is 19.4 Å². The van der Waals surface area contributed by atoms with Crippen LogP contribution in [0, 0.1) is 10.1 Å². The number of aromatic nitrogens is 1. The molecule has 1 atom stereocenters. The molecule has 2 rings (SSSR count). The standard InChI is InChI=1S/C12H14N4O3/c1-7(16(18)19)4-8-6-14-11-3-2-9(5-10(8)11)15-12(13)17/h2-3,5-7,14H,4H2,1H3,(H3,13,15,17). The Labute approximate surface area is 108 Å². The van der Waals surface area contributed by atoms with E-state index in [1.807, 2.05) is 0 Å². The van der Waals surface area contributed by atoms with Gasteiger partial charge < -0.3 is 16.0 Å². The van der Waals surface area contributed by atoms with Crippen molar-refractivity contribution >= 4 is 22.6 Å². The fourth-order valence-electron chi connectivity index (χ4n) is 1.96. The average molecular weight is 262 g/mol. The maximum absolute atomic E-state index is 10.8. The number of benzene rings is 1. The van der Waals surface area contributed by atoms with Gasteiger partial charge in [-0.3, -0.25) is 10.1 Å². The molecule has 0 saturated heterocycles. The lowest BCUT2D eigenvalue weighted by Crippen LogP contribution is -2.19. The van der Waals surface area contributed by atoms with Gasteiger partial charge in [0, 0.05) is 41.1 Å². The molecule has 2 aromatic rings. The number of anilines is 1. The van der Waals surface area contributed by atoms with Crippen LogP contribution in [0.4, 0.5) is 10.5 Å². The smallest absolute Gasteiger partial charge is 0.316 e. The average Bonchev–Trinajstić information content (AvgIpc) is 2.71. The predicted octanol–water partition coefficient (Wildman–Crippen LogP) is 1.87. The van der Waals surface area contributed by atoms with Gasteiger partial charge in [-0.2, -0.15) is 0 Å². The van der Waals surface area contributed by atoms with E-state index in [2.05, 4.69) is 10.3 Å². The Bertz CT molecular complexity index is 635. The first kappa shape index (κ1) is 12.9. The number of rotatable bonds is 4. The van der Waals surface area contributed by atoms with Crippen molar-refractivity contribution in [1.82, 2.24) is 4.98 Å². The van der Waals surface area contributed by atoms with Crippen LogP contribution in [-0.2, 0) is 6.42 Å². The minimum absolute atomic E-state index is 0.315. The Morgan fingerprint density at radius 1 is 1.58 bits per heavy atom. The molecule has 7 heteroatoms. The SMILES string of the molecule is CC(Cc1c[nH]c2ccc(NC(N)=O)cc12)[N+](=O)[O-]. The summed E-state index contributed by atoms with van der Waals surface area (Å²) in [5.41, 5.74) is 7.32. The molecule has 0 aliphatic carbocycles. The van der Waals surface area contributed by atoms with Gasteiger partial charge in [0.1, 0.15) is 0 Å². The molecule has 2 amide bonds. The van der Waals surface area contributed by atoms with Crippen LogP contribution in [0.2, 0.25) is 0 Å². The molecule has 0 aliphatic heterocycles. The van der Waals surface area contributed by atoms with Crippen molar-refractivity contribution in [2.75, 3.05) is 5.32 Å². The zero-order chi connectivity index (χ0) is 14.0. The highest BCUT2D eigenvalue weighted by molar-refractivity contribution is 5.93. The summed E-state index contributed by atoms with van der Waals surface area (Å²) < 4.78 is 0. The molecule has 100 valence electrons. The largest absolute Gasteiger partial charge is 0.361 e. The molecular weight excluding hydrogens is 248 g/mol. The summed E-state index contributed by atoms with van der Waals surface area (Å²) in [6.45, 7) is 1.56. The van der Waals surface area contributed by atoms with E-state index in [4.69, 9.17) is 5.73 Å². The van der Waals surface area contributed by atoms with E-state index in [0.717, 1.165) is 16.5 Å². The minimum Gasteiger partial charge on any atom is -0.361 e. The second-order valence-corrected chi connectivity index (χ2v) is 4.40. The molecule has 4 N–H and O–H groups in total. The fraction of sp³-hybridized carbons (Fsp3) is 0.250. The third-order valence-electron chi connectivity index (χ3n) is 2.91. The van der Waals surface area contributed by atoms with Crippen molar-refractivity contribution in [2.24, 2.45) is 5.73 Å². The van der Waals surface area contributed by atoms with Crippen LogP contribution < -0.4 is 11.1 Å². The number of carbonyl (C=O) groups is 1. The fourth-order valence-corrected chi connectivity index (χ4v) is 1.96. The summed E-state index contributed by atoms with van der Waals surface area (Å²) in [5, 5.41) is 14.0. The van der Waals surface area contributed by atoms with Crippen molar-refractivity contribution in [1.29, 1.82) is 0 Å². The molecule has 1 aromatic carbocycles. The van der Waals surface area contributed by atoms with Gasteiger partial charge in [-0.25, -0.2) is 4.79 Å². The number of nitro groups is 1. The number of nitrogens with zero attached hydrogens (tertiary/aromatic N) is 1. The highest BCUT2D eigenvalue weighted by Gasteiger charge is 2.16. The number of hydrogen-bond acceptors (Lipinski definition) is 3. The Kier molecular flexibility index (Phi) is 3.37. The van der Waals surface area contributed by atoms with Crippen molar-refractivity contribution in [3.05, 3.63) is 40.1 Å². The van der Waals surface area contributed by atoms with Gasteiger partial charge in [0.05, 0.1) is 0 Å². The summed E-state index contributed by atoms with van der Waals surface area (Å²) in [4.78, 5) is 24.2. The Morgan fingerprint density at radius 3 is 2.95 bits per heavy atom. The van der Waals surface area contributed by atoms with Gasteiger partial charge in [-0.15, -0.1) is 0 Å². The summed E-state index contributed by atoms with van der Waals surface area (Å²) >= 11 is 0. The van der Waals surface area contributed by atoms with E-state index in [9.17, 15) is 14.9 Å². The van der Waals surface area contributed by atoms with E-state index in [1.165, 1.54) is 0 Å². The molecule has 7 nitrogen and oxygen atoms in total. The van der Waals surface area contributed by atoms with E-state index in [-0.39, 0.29) is 4.92 Å². The first-order valence-electron chi connectivity index (χ1n) is 5.77. The molecule has 1 aromatic heterocycles. The number of primary amides is 1. The number of aromatic amines is 1. The van der Waals surface area contributed by atoms with Crippen molar-refractivity contribution < 1.29 is 9.72 Å². The molecule has 1 unspecified atom stereocenters. The Hall–Kier alpha value is -2.57. The quantitative estimate of drug-likeness (QED) is 0.577. The van der Waals surface area contributed by atoms with Crippen LogP contribution in [0.5, 0.6) is 0 Å². The molecule has 0 saturated carbocycles. The molecule has 0 spiro atoms. The van der Waals surface area contributed by atoms with Crippen LogP contribution in [0.15, 0.2) is 24.4 Å². The molecule has 0 fully saturated rings. The van der Waals surface area contributed by atoms with Gasteiger partial charge in [-0.1, -0.05) is 0 Å². The minimum atomic E-state index is -0.660. The highest BCUT2D eigenvalue weighted by atomic mass is 16.6. The third kappa shape index (κ3) is 2.82. The first-order chi connectivity index (χ1) is 8.97. The predicted molar refractivity (Wildman–Crippen MR) is 71.7 cm³/mol. The second kappa shape index (κ2) is 4.97. The van der Waals surface area contributed by atoms with Crippen molar-refractivity contribution in [3.8, 4) is 0 Å². The number of nitrogens with one attached hydrogen (secondary N) is 2. The maximum atomic E-state index is 10.8. The van der Waals surface area contributed by atoms with Gasteiger partial charge >= 0.3 is 6.03 Å². The lowest BCUT2D eigenvalue weighted by atomic mass is 10.1. The number of H-pyrrole nitrogens is 1. The van der Waals surface area contributed by atoms with E-state index < -0.39 is 12.1 Å².